The number of primary sulfonamides is 1. The quantitative estimate of drug-likeness (QED) is 0.292. The van der Waals surface area contributed by atoms with E-state index in [4.69, 9.17) is 9.88 Å². The maximum absolute atomic E-state index is 12.1. The van der Waals surface area contributed by atoms with Gasteiger partial charge in [0.05, 0.1) is 23.1 Å². The Kier molecular flexibility index (Phi) is 9.80. The van der Waals surface area contributed by atoms with Crippen LogP contribution in [-0.4, -0.2) is 86.0 Å². The summed E-state index contributed by atoms with van der Waals surface area (Å²) in [6.07, 6.45) is 7.29. The summed E-state index contributed by atoms with van der Waals surface area (Å²) >= 11 is 0. The Morgan fingerprint density at radius 2 is 1.84 bits per heavy atom. The third-order valence-corrected chi connectivity index (χ3v) is 10.2. The number of ether oxygens (including phenoxy) is 1. The Hall–Kier alpha value is -2.92. The molecule has 5 rings (SSSR count). The summed E-state index contributed by atoms with van der Waals surface area (Å²) < 4.78 is 31.5. The second-order valence-electron chi connectivity index (χ2n) is 12.5. The molecule has 0 saturated heterocycles. The van der Waals surface area contributed by atoms with E-state index in [2.05, 4.69) is 53.6 Å². The summed E-state index contributed by atoms with van der Waals surface area (Å²) in [5, 5.41) is 16.2. The molecular weight excluding hydrogens is 564 g/mol. The molecule has 43 heavy (non-hydrogen) atoms. The number of nitrogens with zero attached hydrogens (tertiary/aromatic N) is 3. The minimum Gasteiger partial charge on any atom is -0.491 e. The largest absolute Gasteiger partial charge is 0.491 e. The minimum absolute atomic E-state index is 0.0146. The van der Waals surface area contributed by atoms with E-state index in [1.165, 1.54) is 30.5 Å². The number of fused-ring (bicyclic) bond motifs is 5. The fourth-order valence-electron chi connectivity index (χ4n) is 6.86. The van der Waals surface area contributed by atoms with Crippen molar-refractivity contribution in [3.05, 3.63) is 53.1 Å². The zero-order chi connectivity index (χ0) is 30.7. The number of rotatable bonds is 11. The number of hydrogen-bond donors (Lipinski definition) is 2. The topological polar surface area (TPSA) is 118 Å². The van der Waals surface area contributed by atoms with Crippen LogP contribution in [0.15, 0.2) is 36.4 Å². The molecule has 0 spiro atoms. The molecule has 2 aromatic carbocycles. The lowest BCUT2D eigenvalue weighted by atomic mass is 9.81. The van der Waals surface area contributed by atoms with Crippen molar-refractivity contribution < 1.29 is 23.1 Å². The van der Waals surface area contributed by atoms with Gasteiger partial charge in [0.1, 0.15) is 12.4 Å². The summed E-state index contributed by atoms with van der Waals surface area (Å²) in [4.78, 5) is 16.6. The number of aromatic nitrogens is 1. The molecule has 2 aliphatic rings. The van der Waals surface area contributed by atoms with Crippen LogP contribution in [0.25, 0.3) is 22.2 Å². The first-order valence-corrected chi connectivity index (χ1v) is 17.3. The molecule has 234 valence electrons. The van der Waals surface area contributed by atoms with Gasteiger partial charge in [0, 0.05) is 36.1 Å². The fraction of sp³-hybridized carbons (Fsp3) is 0.545. The number of carboxylic acid groups (broad SMARTS) is 1. The van der Waals surface area contributed by atoms with Crippen molar-refractivity contribution in [3.8, 4) is 17.0 Å². The van der Waals surface area contributed by atoms with Crippen LogP contribution in [0.5, 0.6) is 5.75 Å². The van der Waals surface area contributed by atoms with E-state index < -0.39 is 16.0 Å². The fourth-order valence-corrected chi connectivity index (χ4v) is 7.47. The molecule has 10 heteroatoms. The van der Waals surface area contributed by atoms with Crippen LogP contribution in [0.1, 0.15) is 72.3 Å². The van der Waals surface area contributed by atoms with Gasteiger partial charge in [-0.05, 0) is 88.5 Å². The van der Waals surface area contributed by atoms with E-state index in [0.29, 0.717) is 31.1 Å². The lowest BCUT2D eigenvalue weighted by Crippen LogP contribution is -2.44. The van der Waals surface area contributed by atoms with Crippen LogP contribution in [0, 0.1) is 6.92 Å². The van der Waals surface area contributed by atoms with E-state index >= 15 is 0 Å². The zero-order valence-electron chi connectivity index (χ0n) is 25.7. The Bertz CT molecular complexity index is 1560. The Morgan fingerprint density at radius 1 is 1.07 bits per heavy atom. The van der Waals surface area contributed by atoms with Crippen LogP contribution >= 0.6 is 0 Å². The lowest BCUT2D eigenvalue weighted by Gasteiger charge is -2.34. The Labute approximate surface area is 255 Å². The number of aryl methyl sites for hydroxylation is 1. The summed E-state index contributed by atoms with van der Waals surface area (Å²) in [6.45, 7) is 5.78. The average Bonchev–Trinajstić information content (AvgIpc) is 3.27. The third kappa shape index (κ3) is 7.25. The number of carboxylic acids is 1. The normalized spacial score (nSPS) is 17.9. The Morgan fingerprint density at radius 3 is 2.56 bits per heavy atom. The van der Waals surface area contributed by atoms with Gasteiger partial charge in [-0.2, -0.15) is 0 Å². The number of carbonyl (C=O) groups is 1. The van der Waals surface area contributed by atoms with Gasteiger partial charge in [0.25, 0.3) is 0 Å². The standard InChI is InChI=1S/C33H46N4O5S/c1-23-10-9-13-29-30(23)32-31(24-11-5-4-6-12-24)27-15-14-25(33(38)39)20-28(27)37(32)21-26(22-42-29)36(3)18-17-35(2)16-7-8-19-43(34,40)41/h9-10,13-15,20,24,26H,4-8,11-12,16-19,21-22H2,1-3H3,(H,38,39)(H2,34,40,41)/t26-/m1/s1. The van der Waals surface area contributed by atoms with Crippen molar-refractivity contribution in [1.29, 1.82) is 0 Å². The van der Waals surface area contributed by atoms with Crippen molar-refractivity contribution in [3.63, 3.8) is 0 Å². The van der Waals surface area contributed by atoms with Crippen molar-refractivity contribution in [2.75, 3.05) is 46.1 Å². The van der Waals surface area contributed by atoms with Crippen LogP contribution in [-0.2, 0) is 16.6 Å². The summed E-state index contributed by atoms with van der Waals surface area (Å²) in [6, 6.07) is 12.0. The monoisotopic (exact) mass is 610 g/mol. The van der Waals surface area contributed by atoms with Crippen LogP contribution in [0.4, 0.5) is 0 Å². The Balaban J connectivity index is 1.49. The van der Waals surface area contributed by atoms with E-state index in [-0.39, 0.29) is 11.8 Å². The SMILES string of the molecule is Cc1cccc2c1-c1c(C3CCCCC3)c3ccc(C(=O)O)cc3n1C[C@@H](N(C)CCN(C)CCCCS(N)(=O)=O)CO2. The molecule has 0 amide bonds. The molecule has 1 atom stereocenters. The van der Waals surface area contributed by atoms with Crippen molar-refractivity contribution in [2.24, 2.45) is 5.14 Å². The molecular formula is C33H46N4O5S. The van der Waals surface area contributed by atoms with Crippen LogP contribution in [0.2, 0.25) is 0 Å². The molecule has 1 fully saturated rings. The predicted octanol–water partition coefficient (Wildman–Crippen LogP) is 5.06. The van der Waals surface area contributed by atoms with E-state index in [1.807, 2.05) is 12.1 Å². The van der Waals surface area contributed by atoms with E-state index in [9.17, 15) is 18.3 Å². The van der Waals surface area contributed by atoms with Gasteiger partial charge in [-0.15, -0.1) is 0 Å². The van der Waals surface area contributed by atoms with Gasteiger partial charge >= 0.3 is 5.97 Å². The molecule has 1 aliphatic carbocycles. The highest BCUT2D eigenvalue weighted by Crippen LogP contribution is 2.48. The highest BCUT2D eigenvalue weighted by atomic mass is 32.2. The second-order valence-corrected chi connectivity index (χ2v) is 14.2. The highest BCUT2D eigenvalue weighted by Gasteiger charge is 2.32. The molecule has 9 nitrogen and oxygen atoms in total. The summed E-state index contributed by atoms with van der Waals surface area (Å²) in [5.74, 6) is 0.405. The third-order valence-electron chi connectivity index (χ3n) is 9.34. The zero-order valence-corrected chi connectivity index (χ0v) is 26.5. The van der Waals surface area contributed by atoms with E-state index in [0.717, 1.165) is 66.7 Å². The number of likely N-dealkylation sites (N-methyl/N-ethyl adjacent to an activating group) is 2. The van der Waals surface area contributed by atoms with Gasteiger partial charge in [-0.1, -0.05) is 37.5 Å². The number of aromatic carboxylic acids is 1. The van der Waals surface area contributed by atoms with Gasteiger partial charge in [0.2, 0.25) is 10.0 Å². The lowest BCUT2D eigenvalue weighted by molar-refractivity contribution is 0.0697. The average molecular weight is 611 g/mol. The first-order valence-electron chi connectivity index (χ1n) is 15.5. The minimum atomic E-state index is -3.42. The number of nitrogens with two attached hydrogens (primary N) is 1. The smallest absolute Gasteiger partial charge is 0.335 e. The van der Waals surface area contributed by atoms with Crippen molar-refractivity contribution >= 4 is 26.9 Å². The molecule has 2 heterocycles. The first-order chi connectivity index (χ1) is 20.5. The molecule has 0 unspecified atom stereocenters. The van der Waals surface area contributed by atoms with Crippen molar-refractivity contribution in [1.82, 2.24) is 14.4 Å². The van der Waals surface area contributed by atoms with Crippen molar-refractivity contribution in [2.45, 2.75) is 70.4 Å². The van der Waals surface area contributed by atoms with Crippen LogP contribution in [0.3, 0.4) is 0 Å². The summed E-state index contributed by atoms with van der Waals surface area (Å²) in [5.41, 5.74) is 6.09. The van der Waals surface area contributed by atoms with Gasteiger partial charge in [-0.3, -0.25) is 4.90 Å². The molecule has 1 aromatic heterocycles. The molecule has 0 bridgehead atoms. The maximum atomic E-state index is 12.1. The highest BCUT2D eigenvalue weighted by molar-refractivity contribution is 7.89. The van der Waals surface area contributed by atoms with Gasteiger partial charge in [-0.25, -0.2) is 18.4 Å². The number of benzene rings is 2. The van der Waals surface area contributed by atoms with Gasteiger partial charge < -0.3 is 19.3 Å². The molecule has 3 N–H and O–H groups in total. The number of hydrogen-bond acceptors (Lipinski definition) is 6. The van der Waals surface area contributed by atoms with Crippen LogP contribution < -0.4 is 9.88 Å². The summed E-state index contributed by atoms with van der Waals surface area (Å²) in [7, 11) is 0.757. The molecule has 1 aliphatic heterocycles. The second kappa shape index (κ2) is 13.4. The maximum Gasteiger partial charge on any atom is 0.335 e. The van der Waals surface area contributed by atoms with E-state index in [1.54, 1.807) is 6.07 Å². The number of unbranched alkanes of at least 4 members (excludes halogenated alkanes) is 1. The predicted molar refractivity (Wildman–Crippen MR) is 172 cm³/mol. The first kappa shape index (κ1) is 31.5. The molecule has 0 radical (unpaired) electrons. The number of sulfonamides is 1. The van der Waals surface area contributed by atoms with Gasteiger partial charge in [0.15, 0.2) is 0 Å². The molecule has 1 saturated carbocycles. The molecule has 3 aromatic rings.